The number of halogens is 2. The fourth-order valence-electron chi connectivity index (χ4n) is 3.30. The second kappa shape index (κ2) is 9.89. The first-order valence-corrected chi connectivity index (χ1v) is 12.8. The summed E-state index contributed by atoms with van der Waals surface area (Å²) in [5.41, 5.74) is 0.777. The number of nitrogens with zero attached hydrogens (tertiary/aromatic N) is 2. The number of hydrogen-bond donors (Lipinski definition) is 1. The van der Waals surface area contributed by atoms with Gasteiger partial charge >= 0.3 is 0 Å². The molecule has 0 spiro atoms. The third-order valence-electron chi connectivity index (χ3n) is 5.10. The molecule has 2 aromatic rings. The molecule has 6 nitrogen and oxygen atoms in total. The highest BCUT2D eigenvalue weighted by molar-refractivity contribution is 7.98. The number of anilines is 1. The maximum Gasteiger partial charge on any atom is 0.244 e. The van der Waals surface area contributed by atoms with Gasteiger partial charge in [-0.1, -0.05) is 41.4 Å². The molecule has 1 fully saturated rings. The molecule has 1 N–H and O–H groups in total. The highest BCUT2D eigenvalue weighted by Crippen LogP contribution is 2.31. The van der Waals surface area contributed by atoms with Crippen LogP contribution in [0.4, 0.5) is 5.69 Å². The number of carbonyl (C=O) groups excluding carboxylic acids is 1. The van der Waals surface area contributed by atoms with Crippen LogP contribution >= 0.6 is 35.0 Å². The number of carbonyl (C=O) groups is 1. The molecule has 0 aliphatic carbocycles. The van der Waals surface area contributed by atoms with E-state index in [4.69, 9.17) is 23.2 Å². The Labute approximate surface area is 191 Å². The van der Waals surface area contributed by atoms with Crippen LogP contribution in [0.25, 0.3) is 0 Å². The first-order chi connectivity index (χ1) is 14.3. The van der Waals surface area contributed by atoms with Crippen molar-refractivity contribution in [2.45, 2.75) is 22.8 Å². The molecule has 3 rings (SSSR count). The minimum absolute atomic E-state index is 0.00424. The van der Waals surface area contributed by atoms with Crippen molar-refractivity contribution >= 4 is 56.6 Å². The van der Waals surface area contributed by atoms with Crippen LogP contribution in [-0.2, 0) is 14.8 Å². The van der Waals surface area contributed by atoms with Gasteiger partial charge in [0, 0.05) is 31.1 Å². The van der Waals surface area contributed by atoms with Gasteiger partial charge in [0.1, 0.15) is 4.90 Å². The molecule has 0 aromatic heterocycles. The number of piperazine rings is 1. The number of para-hydroxylation sites is 1. The minimum Gasteiger partial charge on any atom is -0.324 e. The molecular formula is C20H23Cl2N3O3S2. The monoisotopic (exact) mass is 487 g/mol. The molecule has 162 valence electrons. The summed E-state index contributed by atoms with van der Waals surface area (Å²) in [5, 5.41) is 3.20. The molecule has 0 saturated carbocycles. The van der Waals surface area contributed by atoms with Crippen molar-refractivity contribution in [2.24, 2.45) is 0 Å². The standard InChI is InChI=1S/C20H23Cl2N3O3S2/c1-14(20(26)23-16-7-3-4-8-17(16)29-2)24-10-12-25(13-11-24)30(27,28)18-9-5-6-15(21)19(18)22/h3-9,14H,10-13H2,1-2H3,(H,23,26). The van der Waals surface area contributed by atoms with Gasteiger partial charge in [0.25, 0.3) is 0 Å². The average molecular weight is 488 g/mol. The SMILES string of the molecule is CSc1ccccc1NC(=O)C(C)N1CCN(S(=O)(=O)c2cccc(Cl)c2Cl)CC1. The Bertz CT molecular complexity index is 1030. The van der Waals surface area contributed by atoms with E-state index in [1.807, 2.05) is 42.3 Å². The summed E-state index contributed by atoms with van der Waals surface area (Å²) in [6.07, 6.45) is 1.96. The number of rotatable bonds is 6. The summed E-state index contributed by atoms with van der Waals surface area (Å²) in [7, 11) is -3.76. The maximum absolute atomic E-state index is 13.0. The normalized spacial score (nSPS) is 16.9. The van der Waals surface area contributed by atoms with Crippen molar-refractivity contribution < 1.29 is 13.2 Å². The predicted octanol–water partition coefficient (Wildman–Crippen LogP) is 4.05. The molecule has 1 unspecified atom stereocenters. The molecule has 1 heterocycles. The van der Waals surface area contributed by atoms with Crippen LogP contribution in [0.5, 0.6) is 0 Å². The quantitative estimate of drug-likeness (QED) is 0.622. The van der Waals surface area contributed by atoms with Crippen molar-refractivity contribution in [3.8, 4) is 0 Å². The van der Waals surface area contributed by atoms with Gasteiger partial charge in [-0.25, -0.2) is 8.42 Å². The second-order valence-corrected chi connectivity index (χ2v) is 10.4. The van der Waals surface area contributed by atoms with Crippen LogP contribution in [0.3, 0.4) is 0 Å². The van der Waals surface area contributed by atoms with E-state index in [1.54, 1.807) is 23.9 Å². The van der Waals surface area contributed by atoms with Gasteiger partial charge in [-0.15, -0.1) is 11.8 Å². The van der Waals surface area contributed by atoms with E-state index < -0.39 is 10.0 Å². The van der Waals surface area contributed by atoms with Crippen LogP contribution in [-0.4, -0.2) is 62.0 Å². The summed E-state index contributed by atoms with van der Waals surface area (Å²) >= 11 is 13.7. The molecular weight excluding hydrogens is 465 g/mol. The number of thioether (sulfide) groups is 1. The molecule has 0 radical (unpaired) electrons. The predicted molar refractivity (Wildman–Crippen MR) is 123 cm³/mol. The molecule has 30 heavy (non-hydrogen) atoms. The van der Waals surface area contributed by atoms with Crippen molar-refractivity contribution in [3.05, 3.63) is 52.5 Å². The number of sulfonamides is 1. The van der Waals surface area contributed by atoms with Crippen molar-refractivity contribution in [2.75, 3.05) is 37.8 Å². The smallest absolute Gasteiger partial charge is 0.244 e. The van der Waals surface area contributed by atoms with Gasteiger partial charge in [-0.2, -0.15) is 4.31 Å². The van der Waals surface area contributed by atoms with E-state index in [9.17, 15) is 13.2 Å². The molecule has 1 aliphatic heterocycles. The van der Waals surface area contributed by atoms with Gasteiger partial charge in [-0.05, 0) is 37.4 Å². The average Bonchev–Trinajstić information content (AvgIpc) is 2.75. The van der Waals surface area contributed by atoms with Crippen LogP contribution in [0.2, 0.25) is 10.0 Å². The Balaban J connectivity index is 1.64. The fraction of sp³-hybridized carbons (Fsp3) is 0.350. The largest absolute Gasteiger partial charge is 0.324 e. The van der Waals surface area contributed by atoms with Crippen LogP contribution in [0.1, 0.15) is 6.92 Å². The van der Waals surface area contributed by atoms with E-state index in [1.165, 1.54) is 10.4 Å². The maximum atomic E-state index is 13.0. The number of amides is 1. The summed E-state index contributed by atoms with van der Waals surface area (Å²) in [5.74, 6) is -0.120. The fourth-order valence-corrected chi connectivity index (χ4v) is 6.02. The third-order valence-corrected chi connectivity index (χ3v) is 8.77. The first-order valence-electron chi connectivity index (χ1n) is 9.37. The molecule has 1 atom stereocenters. The lowest BCUT2D eigenvalue weighted by molar-refractivity contribution is -0.121. The van der Waals surface area contributed by atoms with Crippen LogP contribution in [0.15, 0.2) is 52.3 Å². The van der Waals surface area contributed by atoms with Crippen molar-refractivity contribution in [1.29, 1.82) is 0 Å². The summed E-state index contributed by atoms with van der Waals surface area (Å²) in [4.78, 5) is 15.7. The summed E-state index contributed by atoms with van der Waals surface area (Å²) in [6, 6.07) is 11.8. The van der Waals surface area contributed by atoms with Crippen LogP contribution in [0, 0.1) is 0 Å². The Hall–Kier alpha value is -1.29. The Morgan fingerprint density at radius 3 is 2.40 bits per heavy atom. The lowest BCUT2D eigenvalue weighted by Gasteiger charge is -2.36. The van der Waals surface area contributed by atoms with Gasteiger partial charge in [0.05, 0.1) is 21.8 Å². The Morgan fingerprint density at radius 2 is 1.73 bits per heavy atom. The summed E-state index contributed by atoms with van der Waals surface area (Å²) in [6.45, 7) is 3.25. The van der Waals surface area contributed by atoms with Gasteiger partial charge in [0.15, 0.2) is 0 Å². The van der Waals surface area contributed by atoms with E-state index in [0.29, 0.717) is 13.1 Å². The second-order valence-electron chi connectivity index (χ2n) is 6.86. The van der Waals surface area contributed by atoms with Gasteiger partial charge in [0.2, 0.25) is 15.9 Å². The third kappa shape index (κ3) is 4.95. The highest BCUT2D eigenvalue weighted by atomic mass is 35.5. The topological polar surface area (TPSA) is 69.7 Å². The molecule has 1 amide bonds. The highest BCUT2D eigenvalue weighted by Gasteiger charge is 2.33. The molecule has 1 saturated heterocycles. The van der Waals surface area contributed by atoms with E-state index in [2.05, 4.69) is 5.32 Å². The molecule has 10 heteroatoms. The number of hydrogen-bond acceptors (Lipinski definition) is 5. The van der Waals surface area contributed by atoms with E-state index in [-0.39, 0.29) is 40.0 Å². The Morgan fingerprint density at radius 1 is 1.07 bits per heavy atom. The minimum atomic E-state index is -3.76. The van der Waals surface area contributed by atoms with Crippen LogP contribution < -0.4 is 5.32 Å². The van der Waals surface area contributed by atoms with Gasteiger partial charge < -0.3 is 5.32 Å². The molecule has 1 aliphatic rings. The lowest BCUT2D eigenvalue weighted by atomic mass is 10.2. The number of benzene rings is 2. The number of nitrogens with one attached hydrogen (secondary N) is 1. The lowest BCUT2D eigenvalue weighted by Crippen LogP contribution is -2.53. The molecule has 2 aromatic carbocycles. The Kier molecular flexibility index (Phi) is 7.71. The molecule has 0 bridgehead atoms. The zero-order valence-electron chi connectivity index (χ0n) is 16.6. The zero-order chi connectivity index (χ0) is 21.9. The zero-order valence-corrected chi connectivity index (χ0v) is 19.8. The first kappa shape index (κ1) is 23.4. The van der Waals surface area contributed by atoms with Crippen molar-refractivity contribution in [3.63, 3.8) is 0 Å². The van der Waals surface area contributed by atoms with E-state index in [0.717, 1.165) is 10.6 Å². The summed E-state index contributed by atoms with van der Waals surface area (Å²) < 4.78 is 27.3. The van der Waals surface area contributed by atoms with Gasteiger partial charge in [-0.3, -0.25) is 9.69 Å². The van der Waals surface area contributed by atoms with E-state index >= 15 is 0 Å². The van der Waals surface area contributed by atoms with Crippen molar-refractivity contribution in [1.82, 2.24) is 9.21 Å².